The third-order valence-electron chi connectivity index (χ3n) is 7.05. The molecule has 14 heteroatoms. The Morgan fingerprint density at radius 1 is 1.23 bits per heavy atom. The SMILES string of the molecule is CNC(=O)[C@]1(C)CC[C@@H](Nc2ncc3c(Br)nn(-c4ccc(-c5nnc(C(=O)NCCN(C)C)s5)cc4)c3n2)C1. The molecular weight excluding hydrogens is 596 g/mol. The Morgan fingerprint density at radius 3 is 2.73 bits per heavy atom. The van der Waals surface area contributed by atoms with E-state index < -0.39 is 5.41 Å². The van der Waals surface area contributed by atoms with E-state index in [2.05, 4.69) is 52.2 Å². The van der Waals surface area contributed by atoms with E-state index in [4.69, 9.17) is 4.98 Å². The lowest BCUT2D eigenvalue weighted by molar-refractivity contribution is -0.129. The molecule has 4 aromatic rings. The lowest BCUT2D eigenvalue weighted by Crippen LogP contribution is -2.35. The maximum atomic E-state index is 12.4. The molecule has 2 amide bonds. The molecule has 1 aliphatic rings. The van der Waals surface area contributed by atoms with Crippen LogP contribution in [0, 0.1) is 5.41 Å². The van der Waals surface area contributed by atoms with E-state index in [0.717, 1.165) is 36.0 Å². The van der Waals surface area contributed by atoms with Crippen LogP contribution in [0.3, 0.4) is 0 Å². The minimum Gasteiger partial charge on any atom is -0.359 e. The number of nitrogens with zero attached hydrogens (tertiary/aromatic N) is 7. The number of likely N-dealkylation sites (N-methyl/N-ethyl adjacent to an activating group) is 1. The first kappa shape index (κ1) is 28.1. The second-order valence-corrected chi connectivity index (χ2v) is 12.1. The van der Waals surface area contributed by atoms with E-state index in [1.54, 1.807) is 17.9 Å². The van der Waals surface area contributed by atoms with Crippen LogP contribution in [-0.4, -0.2) is 86.9 Å². The monoisotopic (exact) mass is 626 g/mol. The summed E-state index contributed by atoms with van der Waals surface area (Å²) < 4.78 is 2.39. The molecule has 5 rings (SSSR count). The standard InChI is InChI=1S/C26H31BrN10O2S/c1-26(24(39)28-2)10-9-16(13-26)31-25-30-14-18-19(27)35-37(20(18)32-25)17-7-5-15(6-8-17)22-33-34-23(40-22)21(38)29-11-12-36(3)4/h5-8,14,16H,9-13H2,1-4H3,(H,28,39)(H,29,38)(H,30,31,32)/t16-,26-/m1/s1. The Hall–Kier alpha value is -3.49. The maximum Gasteiger partial charge on any atom is 0.282 e. The second-order valence-electron chi connectivity index (χ2n) is 10.4. The minimum atomic E-state index is -0.396. The van der Waals surface area contributed by atoms with Crippen LogP contribution in [0.25, 0.3) is 27.3 Å². The molecule has 0 bridgehead atoms. The first-order chi connectivity index (χ1) is 19.2. The molecule has 0 saturated heterocycles. The normalized spacial score (nSPS) is 18.8. The van der Waals surface area contributed by atoms with Crippen molar-refractivity contribution in [3.8, 4) is 16.3 Å². The Labute approximate surface area is 244 Å². The molecule has 3 aromatic heterocycles. The van der Waals surface area contributed by atoms with Gasteiger partial charge in [-0.3, -0.25) is 9.59 Å². The highest BCUT2D eigenvalue weighted by molar-refractivity contribution is 9.10. The zero-order valence-electron chi connectivity index (χ0n) is 22.7. The van der Waals surface area contributed by atoms with Gasteiger partial charge in [0, 0.05) is 43.4 Å². The zero-order valence-corrected chi connectivity index (χ0v) is 25.1. The van der Waals surface area contributed by atoms with Gasteiger partial charge in [0.05, 0.1) is 11.1 Å². The fourth-order valence-electron chi connectivity index (χ4n) is 4.82. The summed E-state index contributed by atoms with van der Waals surface area (Å²) in [6.07, 6.45) is 4.12. The van der Waals surface area contributed by atoms with Gasteiger partial charge in [-0.25, -0.2) is 9.67 Å². The van der Waals surface area contributed by atoms with Crippen molar-refractivity contribution < 1.29 is 9.59 Å². The highest BCUT2D eigenvalue weighted by Gasteiger charge is 2.41. The number of aromatic nitrogens is 6. The van der Waals surface area contributed by atoms with Crippen molar-refractivity contribution in [1.29, 1.82) is 0 Å². The predicted molar refractivity (Wildman–Crippen MR) is 158 cm³/mol. The molecule has 0 radical (unpaired) electrons. The summed E-state index contributed by atoms with van der Waals surface area (Å²) in [6.45, 7) is 3.29. The van der Waals surface area contributed by atoms with Crippen LogP contribution in [-0.2, 0) is 4.79 Å². The van der Waals surface area contributed by atoms with Gasteiger partial charge in [0.15, 0.2) is 5.65 Å². The third kappa shape index (κ3) is 5.83. The Kier molecular flexibility index (Phi) is 8.10. The van der Waals surface area contributed by atoms with Crippen molar-refractivity contribution in [2.24, 2.45) is 5.41 Å². The largest absolute Gasteiger partial charge is 0.359 e. The summed E-state index contributed by atoms with van der Waals surface area (Å²) in [5.74, 6) is 0.330. The van der Waals surface area contributed by atoms with Gasteiger partial charge in [-0.1, -0.05) is 18.3 Å². The molecule has 0 unspecified atom stereocenters. The smallest absolute Gasteiger partial charge is 0.282 e. The van der Waals surface area contributed by atoms with Crippen LogP contribution in [0.4, 0.5) is 5.95 Å². The van der Waals surface area contributed by atoms with Crippen molar-refractivity contribution >= 4 is 56.1 Å². The van der Waals surface area contributed by atoms with Gasteiger partial charge in [-0.15, -0.1) is 10.2 Å². The molecule has 210 valence electrons. The van der Waals surface area contributed by atoms with Crippen LogP contribution in [0.1, 0.15) is 36.0 Å². The molecule has 1 fully saturated rings. The van der Waals surface area contributed by atoms with Crippen LogP contribution in [0.2, 0.25) is 0 Å². The number of carbonyl (C=O) groups excluding carboxylic acids is 2. The number of carbonyl (C=O) groups is 2. The number of amides is 2. The highest BCUT2D eigenvalue weighted by Crippen LogP contribution is 2.39. The average Bonchev–Trinajstić information content (AvgIpc) is 3.66. The maximum absolute atomic E-state index is 12.4. The van der Waals surface area contributed by atoms with Gasteiger partial charge >= 0.3 is 0 Å². The molecule has 0 spiro atoms. The van der Waals surface area contributed by atoms with Gasteiger partial charge in [0.25, 0.3) is 5.91 Å². The predicted octanol–water partition coefficient (Wildman–Crippen LogP) is 3.10. The molecule has 1 saturated carbocycles. The third-order valence-corrected chi connectivity index (χ3v) is 8.61. The Balaban J connectivity index is 1.32. The fraction of sp³-hybridized carbons (Fsp3) is 0.423. The summed E-state index contributed by atoms with van der Waals surface area (Å²) in [4.78, 5) is 35.9. The minimum absolute atomic E-state index is 0.0617. The summed E-state index contributed by atoms with van der Waals surface area (Å²) in [5.41, 5.74) is 1.91. The van der Waals surface area contributed by atoms with Crippen molar-refractivity contribution in [1.82, 2.24) is 45.5 Å². The Bertz CT molecular complexity index is 1540. The number of halogens is 1. The quantitative estimate of drug-likeness (QED) is 0.255. The van der Waals surface area contributed by atoms with Crippen LogP contribution in [0.15, 0.2) is 35.1 Å². The van der Waals surface area contributed by atoms with E-state index in [1.807, 2.05) is 50.2 Å². The van der Waals surface area contributed by atoms with Crippen molar-refractivity contribution in [2.75, 3.05) is 39.5 Å². The molecule has 1 aromatic carbocycles. The fourth-order valence-corrected chi connectivity index (χ4v) is 6.02. The molecule has 40 heavy (non-hydrogen) atoms. The van der Waals surface area contributed by atoms with Gasteiger partial charge in [-0.05, 0) is 73.6 Å². The summed E-state index contributed by atoms with van der Waals surface area (Å²) in [5, 5.41) is 23.7. The van der Waals surface area contributed by atoms with E-state index in [-0.39, 0.29) is 17.9 Å². The number of benzene rings is 1. The van der Waals surface area contributed by atoms with Gasteiger partial charge in [0.1, 0.15) is 9.61 Å². The summed E-state index contributed by atoms with van der Waals surface area (Å²) >= 11 is 4.78. The number of nitrogens with one attached hydrogen (secondary N) is 3. The summed E-state index contributed by atoms with van der Waals surface area (Å²) in [6, 6.07) is 7.79. The molecule has 3 N–H and O–H groups in total. The van der Waals surface area contributed by atoms with Crippen molar-refractivity contribution in [3.05, 3.63) is 40.1 Å². The zero-order chi connectivity index (χ0) is 28.4. The summed E-state index contributed by atoms with van der Waals surface area (Å²) in [7, 11) is 5.58. The Morgan fingerprint density at radius 2 is 2.00 bits per heavy atom. The van der Waals surface area contributed by atoms with Crippen molar-refractivity contribution in [2.45, 2.75) is 32.2 Å². The lowest BCUT2D eigenvalue weighted by Gasteiger charge is -2.22. The van der Waals surface area contributed by atoms with E-state index >= 15 is 0 Å². The molecule has 0 aliphatic heterocycles. The van der Waals surface area contributed by atoms with Gasteiger partial charge in [-0.2, -0.15) is 10.1 Å². The first-order valence-corrected chi connectivity index (χ1v) is 14.5. The first-order valence-electron chi connectivity index (χ1n) is 12.9. The molecular formula is C26H31BrN10O2S. The van der Waals surface area contributed by atoms with E-state index in [0.29, 0.717) is 39.2 Å². The van der Waals surface area contributed by atoms with E-state index in [9.17, 15) is 9.59 Å². The topological polar surface area (TPSA) is 143 Å². The molecule has 1 aliphatic carbocycles. The molecule has 3 heterocycles. The number of rotatable bonds is 9. The van der Waals surface area contributed by atoms with Crippen LogP contribution < -0.4 is 16.0 Å². The van der Waals surface area contributed by atoms with E-state index in [1.165, 1.54) is 11.3 Å². The molecule has 12 nitrogen and oxygen atoms in total. The van der Waals surface area contributed by atoms with Crippen LogP contribution >= 0.6 is 27.3 Å². The van der Waals surface area contributed by atoms with Crippen LogP contribution in [0.5, 0.6) is 0 Å². The number of anilines is 1. The second kappa shape index (κ2) is 11.6. The van der Waals surface area contributed by atoms with Gasteiger partial charge in [0.2, 0.25) is 16.9 Å². The number of hydrogen-bond acceptors (Lipinski definition) is 10. The number of hydrogen-bond donors (Lipinski definition) is 3. The average molecular weight is 628 g/mol. The highest BCUT2D eigenvalue weighted by atomic mass is 79.9. The van der Waals surface area contributed by atoms with Crippen molar-refractivity contribution in [3.63, 3.8) is 0 Å². The molecule has 2 atom stereocenters. The van der Waals surface area contributed by atoms with Gasteiger partial charge < -0.3 is 20.9 Å². The number of fused-ring (bicyclic) bond motifs is 1. The lowest BCUT2D eigenvalue weighted by atomic mass is 9.87.